The van der Waals surface area contributed by atoms with Crippen molar-refractivity contribution < 1.29 is 5.11 Å². The lowest BCUT2D eigenvalue weighted by Crippen LogP contribution is -1.96. The van der Waals surface area contributed by atoms with Crippen LogP contribution >= 0.6 is 0 Å². The van der Waals surface area contributed by atoms with Gasteiger partial charge in [-0.1, -0.05) is 6.07 Å². The quantitative estimate of drug-likeness (QED) is 0.722. The van der Waals surface area contributed by atoms with Gasteiger partial charge in [0.2, 0.25) is 0 Å². The van der Waals surface area contributed by atoms with E-state index in [1.807, 2.05) is 19.2 Å². The Morgan fingerprint density at radius 2 is 2.36 bits per heavy atom. The molecule has 0 aliphatic carbocycles. The summed E-state index contributed by atoms with van der Waals surface area (Å²) in [5.74, 6) is 0.572. The topological polar surface area (TPSA) is 61.8 Å². The van der Waals surface area contributed by atoms with Crippen molar-refractivity contribution in [2.45, 2.75) is 6.61 Å². The van der Waals surface area contributed by atoms with E-state index >= 15 is 0 Å². The summed E-state index contributed by atoms with van der Waals surface area (Å²) in [7, 11) is 1.82. The van der Waals surface area contributed by atoms with Crippen LogP contribution in [-0.4, -0.2) is 14.7 Å². The SMILES string of the molecule is Cn1c(CO)nc2c(C#N)cccc21. The molecular weight excluding hydrogens is 178 g/mol. The minimum absolute atomic E-state index is 0.115. The second-order valence-corrected chi connectivity index (χ2v) is 3.03. The number of aliphatic hydroxyl groups is 1. The van der Waals surface area contributed by atoms with E-state index in [2.05, 4.69) is 11.1 Å². The van der Waals surface area contributed by atoms with Gasteiger partial charge in [0, 0.05) is 7.05 Å². The van der Waals surface area contributed by atoms with Crippen LogP contribution < -0.4 is 0 Å². The van der Waals surface area contributed by atoms with E-state index in [-0.39, 0.29) is 6.61 Å². The highest BCUT2D eigenvalue weighted by Gasteiger charge is 2.09. The fourth-order valence-corrected chi connectivity index (χ4v) is 1.49. The first-order chi connectivity index (χ1) is 6.77. The third-order valence-electron chi connectivity index (χ3n) is 2.27. The molecule has 1 N–H and O–H groups in total. The van der Waals surface area contributed by atoms with Crippen LogP contribution in [0.3, 0.4) is 0 Å². The molecule has 4 nitrogen and oxygen atoms in total. The number of para-hydroxylation sites is 1. The highest BCUT2D eigenvalue weighted by molar-refractivity contribution is 5.82. The van der Waals surface area contributed by atoms with E-state index in [1.165, 1.54) is 0 Å². The average molecular weight is 187 g/mol. The molecule has 4 heteroatoms. The van der Waals surface area contributed by atoms with E-state index in [0.717, 1.165) is 5.52 Å². The minimum atomic E-state index is -0.115. The van der Waals surface area contributed by atoms with Gasteiger partial charge >= 0.3 is 0 Å². The number of nitrogens with zero attached hydrogens (tertiary/aromatic N) is 3. The Hall–Kier alpha value is -1.86. The number of fused-ring (bicyclic) bond motifs is 1. The molecule has 0 aliphatic rings. The molecule has 14 heavy (non-hydrogen) atoms. The molecule has 70 valence electrons. The first-order valence-electron chi connectivity index (χ1n) is 4.23. The molecule has 0 unspecified atom stereocenters. The van der Waals surface area contributed by atoms with Crippen molar-refractivity contribution >= 4 is 11.0 Å². The molecule has 1 aromatic carbocycles. The lowest BCUT2D eigenvalue weighted by molar-refractivity contribution is 0.268. The Morgan fingerprint density at radius 3 is 3.00 bits per heavy atom. The van der Waals surface area contributed by atoms with Gasteiger partial charge in [0.1, 0.15) is 24.0 Å². The van der Waals surface area contributed by atoms with Crippen LogP contribution in [0, 0.1) is 11.3 Å². The van der Waals surface area contributed by atoms with Gasteiger partial charge in [-0.15, -0.1) is 0 Å². The molecule has 0 radical (unpaired) electrons. The molecule has 0 spiro atoms. The summed E-state index contributed by atoms with van der Waals surface area (Å²) in [4.78, 5) is 4.19. The van der Waals surface area contributed by atoms with Crippen LogP contribution in [0.2, 0.25) is 0 Å². The van der Waals surface area contributed by atoms with Crippen molar-refractivity contribution in [3.63, 3.8) is 0 Å². The van der Waals surface area contributed by atoms with Crippen LogP contribution in [0.4, 0.5) is 0 Å². The summed E-state index contributed by atoms with van der Waals surface area (Å²) >= 11 is 0. The van der Waals surface area contributed by atoms with E-state index in [9.17, 15) is 0 Å². The standard InChI is InChI=1S/C10H9N3O/c1-13-8-4-2-3-7(5-11)10(8)12-9(13)6-14/h2-4,14H,6H2,1H3. The van der Waals surface area contributed by atoms with E-state index in [4.69, 9.17) is 10.4 Å². The Labute approximate surface area is 81.0 Å². The van der Waals surface area contributed by atoms with Gasteiger partial charge in [-0.2, -0.15) is 5.26 Å². The third kappa shape index (κ3) is 1.07. The second kappa shape index (κ2) is 3.13. The average Bonchev–Trinajstić information content (AvgIpc) is 2.55. The number of hydrogen-bond donors (Lipinski definition) is 1. The largest absolute Gasteiger partial charge is 0.388 e. The van der Waals surface area contributed by atoms with Gasteiger partial charge in [0.15, 0.2) is 0 Å². The van der Waals surface area contributed by atoms with Crippen LogP contribution in [0.15, 0.2) is 18.2 Å². The van der Waals surface area contributed by atoms with Gasteiger partial charge in [-0.05, 0) is 12.1 Å². The molecule has 2 rings (SSSR count). The fraction of sp³-hybridized carbons (Fsp3) is 0.200. The number of nitriles is 1. The lowest BCUT2D eigenvalue weighted by atomic mass is 10.2. The molecule has 0 saturated carbocycles. The van der Waals surface area contributed by atoms with Gasteiger partial charge in [-0.25, -0.2) is 4.98 Å². The maximum atomic E-state index is 9.02. The van der Waals surface area contributed by atoms with Crippen molar-refractivity contribution in [2.24, 2.45) is 7.05 Å². The highest BCUT2D eigenvalue weighted by atomic mass is 16.3. The summed E-state index contributed by atoms with van der Waals surface area (Å²) in [6, 6.07) is 7.48. The predicted octanol–water partition coefficient (Wildman–Crippen LogP) is 0.937. The number of rotatable bonds is 1. The molecule has 1 aromatic heterocycles. The molecular formula is C10H9N3O. The maximum Gasteiger partial charge on any atom is 0.135 e. The summed E-state index contributed by atoms with van der Waals surface area (Å²) in [6.45, 7) is -0.115. The molecule has 1 heterocycles. The van der Waals surface area contributed by atoms with Crippen LogP contribution in [0.5, 0.6) is 0 Å². The number of hydrogen-bond acceptors (Lipinski definition) is 3. The maximum absolute atomic E-state index is 9.02. The Morgan fingerprint density at radius 1 is 1.57 bits per heavy atom. The minimum Gasteiger partial charge on any atom is -0.388 e. The molecule has 0 fully saturated rings. The Balaban J connectivity index is 2.85. The number of aryl methyl sites for hydroxylation is 1. The summed E-state index contributed by atoms with van der Waals surface area (Å²) in [5.41, 5.74) is 2.06. The molecule has 0 bridgehead atoms. The molecule has 0 amide bonds. The van der Waals surface area contributed by atoms with E-state index in [1.54, 1.807) is 10.6 Å². The van der Waals surface area contributed by atoms with E-state index in [0.29, 0.717) is 16.9 Å². The summed E-state index contributed by atoms with van der Waals surface area (Å²) in [5, 5.41) is 17.9. The zero-order valence-electron chi connectivity index (χ0n) is 7.73. The van der Waals surface area contributed by atoms with Crippen LogP contribution in [0.1, 0.15) is 11.4 Å². The van der Waals surface area contributed by atoms with Gasteiger partial charge < -0.3 is 9.67 Å². The zero-order chi connectivity index (χ0) is 10.1. The summed E-state index contributed by atoms with van der Waals surface area (Å²) in [6.07, 6.45) is 0. The van der Waals surface area contributed by atoms with Crippen molar-refractivity contribution in [1.82, 2.24) is 9.55 Å². The number of aliphatic hydroxyl groups excluding tert-OH is 1. The Kier molecular flexibility index (Phi) is 1.95. The molecule has 0 atom stereocenters. The van der Waals surface area contributed by atoms with Crippen LogP contribution in [0.25, 0.3) is 11.0 Å². The second-order valence-electron chi connectivity index (χ2n) is 3.03. The van der Waals surface area contributed by atoms with Crippen molar-refractivity contribution in [1.29, 1.82) is 5.26 Å². The summed E-state index contributed by atoms with van der Waals surface area (Å²) < 4.78 is 1.79. The van der Waals surface area contributed by atoms with E-state index < -0.39 is 0 Å². The number of benzene rings is 1. The highest BCUT2D eigenvalue weighted by Crippen LogP contribution is 2.18. The lowest BCUT2D eigenvalue weighted by Gasteiger charge is -1.96. The Bertz CT molecular complexity index is 522. The monoisotopic (exact) mass is 187 g/mol. The molecule has 2 aromatic rings. The first-order valence-corrected chi connectivity index (χ1v) is 4.23. The molecule has 0 aliphatic heterocycles. The van der Waals surface area contributed by atoms with Crippen molar-refractivity contribution in [2.75, 3.05) is 0 Å². The normalized spacial score (nSPS) is 10.4. The third-order valence-corrected chi connectivity index (χ3v) is 2.27. The van der Waals surface area contributed by atoms with Crippen LogP contribution in [-0.2, 0) is 13.7 Å². The number of aromatic nitrogens is 2. The smallest absolute Gasteiger partial charge is 0.135 e. The fourth-order valence-electron chi connectivity index (χ4n) is 1.49. The number of imidazole rings is 1. The van der Waals surface area contributed by atoms with Gasteiger partial charge in [-0.3, -0.25) is 0 Å². The van der Waals surface area contributed by atoms with Gasteiger partial charge in [0.25, 0.3) is 0 Å². The van der Waals surface area contributed by atoms with Crippen molar-refractivity contribution in [3.8, 4) is 6.07 Å². The van der Waals surface area contributed by atoms with Crippen molar-refractivity contribution in [3.05, 3.63) is 29.6 Å². The molecule has 0 saturated heterocycles. The van der Waals surface area contributed by atoms with Gasteiger partial charge in [0.05, 0.1) is 11.1 Å². The predicted molar refractivity (Wildman–Crippen MR) is 51.4 cm³/mol. The zero-order valence-corrected chi connectivity index (χ0v) is 7.73. The first kappa shape index (κ1) is 8.73.